The summed E-state index contributed by atoms with van der Waals surface area (Å²) in [5.74, 6) is -0.345. The van der Waals surface area contributed by atoms with E-state index < -0.39 is 17.6 Å². The molecule has 7 nitrogen and oxygen atoms in total. The second kappa shape index (κ2) is 9.18. The number of benzene rings is 2. The highest BCUT2D eigenvalue weighted by molar-refractivity contribution is 7.99. The summed E-state index contributed by atoms with van der Waals surface area (Å²) in [6, 6.07) is 14.0. The van der Waals surface area contributed by atoms with Crippen molar-refractivity contribution in [3.05, 3.63) is 78.8 Å². The van der Waals surface area contributed by atoms with E-state index in [2.05, 4.69) is 25.5 Å². The Kier molecular flexibility index (Phi) is 6.17. The van der Waals surface area contributed by atoms with Crippen LogP contribution in [0, 0.1) is 0 Å². The molecular weight excluding hydrogens is 441 g/mol. The quantitative estimate of drug-likeness (QED) is 0.431. The van der Waals surface area contributed by atoms with Gasteiger partial charge in [-0.25, -0.2) is 4.98 Å². The molecule has 0 saturated heterocycles. The molecule has 162 valence electrons. The minimum absolute atomic E-state index is 0.169. The lowest BCUT2D eigenvalue weighted by molar-refractivity contribution is -0.137. The fraction of sp³-hybridized carbons (Fsp3) is 0.0952. The summed E-state index contributed by atoms with van der Waals surface area (Å²) in [4.78, 5) is 20.7. The zero-order valence-corrected chi connectivity index (χ0v) is 17.1. The Balaban J connectivity index is 1.57. The van der Waals surface area contributed by atoms with E-state index in [1.807, 2.05) is 30.3 Å². The van der Waals surface area contributed by atoms with E-state index in [1.54, 1.807) is 10.8 Å². The molecule has 2 aromatic carbocycles. The van der Waals surface area contributed by atoms with Gasteiger partial charge in [-0.15, -0.1) is 10.2 Å². The molecule has 4 aromatic rings. The summed E-state index contributed by atoms with van der Waals surface area (Å²) in [7, 11) is 0. The van der Waals surface area contributed by atoms with Crippen molar-refractivity contribution in [2.45, 2.75) is 11.3 Å². The van der Waals surface area contributed by atoms with Crippen LogP contribution < -0.4 is 5.32 Å². The molecule has 0 aliphatic heterocycles. The number of halogens is 3. The topological polar surface area (TPSA) is 85.6 Å². The number of hydrogen-bond acceptors (Lipinski definition) is 6. The second-order valence-electron chi connectivity index (χ2n) is 6.45. The lowest BCUT2D eigenvalue weighted by Gasteiger charge is -2.13. The Labute approximate surface area is 184 Å². The number of carbonyl (C=O) groups is 1. The van der Waals surface area contributed by atoms with Gasteiger partial charge in [0, 0.05) is 18.1 Å². The molecule has 32 heavy (non-hydrogen) atoms. The third-order valence-corrected chi connectivity index (χ3v) is 5.21. The van der Waals surface area contributed by atoms with Crippen molar-refractivity contribution in [2.24, 2.45) is 0 Å². The van der Waals surface area contributed by atoms with Gasteiger partial charge in [0.2, 0.25) is 5.91 Å². The molecule has 1 N–H and O–H groups in total. The van der Waals surface area contributed by atoms with Crippen LogP contribution in [0.3, 0.4) is 0 Å². The molecule has 1 amide bonds. The van der Waals surface area contributed by atoms with Gasteiger partial charge in [0.15, 0.2) is 11.0 Å². The first-order chi connectivity index (χ1) is 15.4. The molecule has 0 aliphatic rings. The van der Waals surface area contributed by atoms with Gasteiger partial charge in [0.25, 0.3) is 0 Å². The van der Waals surface area contributed by atoms with Crippen molar-refractivity contribution >= 4 is 23.4 Å². The predicted octanol–water partition coefficient (Wildman–Crippen LogP) is 4.47. The minimum atomic E-state index is -4.57. The zero-order chi connectivity index (χ0) is 22.6. The lowest BCUT2D eigenvalue weighted by atomic mass is 10.1. The van der Waals surface area contributed by atoms with Crippen LogP contribution in [0.5, 0.6) is 0 Å². The summed E-state index contributed by atoms with van der Waals surface area (Å²) in [5.41, 5.74) is 0.0221. The molecule has 0 fully saturated rings. The van der Waals surface area contributed by atoms with Crippen LogP contribution >= 0.6 is 11.8 Å². The minimum Gasteiger partial charge on any atom is -0.325 e. The number of rotatable bonds is 6. The molecule has 11 heteroatoms. The number of nitrogens with zero attached hydrogens (tertiary/aromatic N) is 5. The van der Waals surface area contributed by atoms with Gasteiger partial charge < -0.3 is 5.32 Å². The van der Waals surface area contributed by atoms with Crippen LogP contribution in [-0.4, -0.2) is 36.4 Å². The molecule has 2 aromatic heterocycles. The number of hydrogen-bond donors (Lipinski definition) is 1. The van der Waals surface area contributed by atoms with Gasteiger partial charge in [-0.05, 0) is 24.3 Å². The maximum atomic E-state index is 13.2. The largest absolute Gasteiger partial charge is 0.418 e. The van der Waals surface area contributed by atoms with Crippen LogP contribution in [0.1, 0.15) is 5.56 Å². The first-order valence-corrected chi connectivity index (χ1v) is 10.3. The van der Waals surface area contributed by atoms with Crippen LogP contribution in [0.2, 0.25) is 0 Å². The van der Waals surface area contributed by atoms with Crippen LogP contribution in [0.4, 0.5) is 18.9 Å². The Hall–Kier alpha value is -3.73. The van der Waals surface area contributed by atoms with E-state index in [0.717, 1.165) is 23.5 Å². The third kappa shape index (κ3) is 4.78. The molecule has 0 aliphatic carbocycles. The lowest BCUT2D eigenvalue weighted by Crippen LogP contribution is -2.18. The average molecular weight is 456 g/mol. The van der Waals surface area contributed by atoms with Crippen molar-refractivity contribution in [2.75, 3.05) is 11.1 Å². The number of para-hydroxylation sites is 2. The maximum Gasteiger partial charge on any atom is 0.418 e. The zero-order valence-electron chi connectivity index (χ0n) is 16.3. The van der Waals surface area contributed by atoms with E-state index >= 15 is 0 Å². The summed E-state index contributed by atoms with van der Waals surface area (Å²) in [5, 5.41) is 11.0. The summed E-state index contributed by atoms with van der Waals surface area (Å²) in [6.07, 6.45) is 0.0258. The Bertz CT molecular complexity index is 1220. The highest BCUT2D eigenvalue weighted by atomic mass is 32.2. The van der Waals surface area contributed by atoms with Crippen molar-refractivity contribution in [1.29, 1.82) is 0 Å². The number of carbonyl (C=O) groups excluding carboxylic acids is 1. The molecule has 0 spiro atoms. The Morgan fingerprint density at radius 2 is 1.75 bits per heavy atom. The molecule has 0 bridgehead atoms. The first-order valence-electron chi connectivity index (χ1n) is 9.29. The van der Waals surface area contributed by atoms with Crippen LogP contribution in [-0.2, 0) is 11.0 Å². The van der Waals surface area contributed by atoms with Crippen molar-refractivity contribution in [1.82, 2.24) is 24.7 Å². The average Bonchev–Trinajstić information content (AvgIpc) is 3.22. The fourth-order valence-electron chi connectivity index (χ4n) is 2.91. The number of thioether (sulfide) groups is 1. The number of aromatic nitrogens is 5. The molecule has 2 heterocycles. The second-order valence-corrected chi connectivity index (χ2v) is 7.39. The van der Waals surface area contributed by atoms with Gasteiger partial charge in [0.05, 0.1) is 23.2 Å². The van der Waals surface area contributed by atoms with Crippen molar-refractivity contribution in [3.63, 3.8) is 0 Å². The van der Waals surface area contributed by atoms with Gasteiger partial charge >= 0.3 is 6.18 Å². The van der Waals surface area contributed by atoms with Gasteiger partial charge in [0.1, 0.15) is 5.69 Å². The smallest absolute Gasteiger partial charge is 0.325 e. The Morgan fingerprint density at radius 3 is 2.47 bits per heavy atom. The van der Waals surface area contributed by atoms with Gasteiger partial charge in [-0.3, -0.25) is 14.3 Å². The molecule has 4 rings (SSSR count). The monoisotopic (exact) mass is 456 g/mol. The molecular formula is C21H15F3N6OS. The SMILES string of the molecule is O=C(CSc1nnc(-c2cnccn2)n1-c1ccccc1)Nc1ccccc1C(F)(F)F. The first kappa shape index (κ1) is 21.5. The number of alkyl halides is 3. The van der Waals surface area contributed by atoms with E-state index in [4.69, 9.17) is 0 Å². The molecule has 0 radical (unpaired) electrons. The molecule has 0 atom stereocenters. The highest BCUT2D eigenvalue weighted by Gasteiger charge is 2.33. The highest BCUT2D eigenvalue weighted by Crippen LogP contribution is 2.34. The maximum absolute atomic E-state index is 13.2. The number of anilines is 1. The van der Waals surface area contributed by atoms with Gasteiger partial charge in [-0.2, -0.15) is 13.2 Å². The standard InChI is InChI=1S/C21H15F3N6OS/c22-21(23,24)15-8-4-5-9-16(15)27-18(31)13-32-20-29-28-19(17-12-25-10-11-26-17)30(20)14-6-2-1-3-7-14/h1-12H,13H2,(H,27,31). The summed E-state index contributed by atoms with van der Waals surface area (Å²) < 4.78 is 41.2. The van der Waals surface area contributed by atoms with Crippen LogP contribution in [0.15, 0.2) is 78.3 Å². The normalized spacial score (nSPS) is 11.3. The van der Waals surface area contributed by atoms with Crippen molar-refractivity contribution in [3.8, 4) is 17.2 Å². The van der Waals surface area contributed by atoms with E-state index in [0.29, 0.717) is 16.7 Å². The van der Waals surface area contributed by atoms with Crippen molar-refractivity contribution < 1.29 is 18.0 Å². The number of amides is 1. The third-order valence-electron chi connectivity index (χ3n) is 4.28. The summed E-state index contributed by atoms with van der Waals surface area (Å²) >= 11 is 1.05. The molecule has 0 saturated carbocycles. The fourth-order valence-corrected chi connectivity index (χ4v) is 3.66. The molecule has 0 unspecified atom stereocenters. The van der Waals surface area contributed by atoms with Gasteiger partial charge in [-0.1, -0.05) is 42.1 Å². The predicted molar refractivity (Wildman–Crippen MR) is 113 cm³/mol. The summed E-state index contributed by atoms with van der Waals surface area (Å²) in [6.45, 7) is 0. The van der Waals surface area contributed by atoms with E-state index in [1.165, 1.54) is 30.6 Å². The number of nitrogens with one attached hydrogen (secondary N) is 1. The van der Waals surface area contributed by atoms with E-state index in [-0.39, 0.29) is 11.4 Å². The van der Waals surface area contributed by atoms with E-state index in [9.17, 15) is 18.0 Å². The Morgan fingerprint density at radius 1 is 1.00 bits per heavy atom. The van der Waals surface area contributed by atoms with Crippen LogP contribution in [0.25, 0.3) is 17.2 Å².